The highest BCUT2D eigenvalue weighted by atomic mass is 79.9. The molecular weight excluding hydrogens is 500 g/mol. The maximum atomic E-state index is 13.6. The molecule has 3 saturated heterocycles. The van der Waals surface area contributed by atoms with E-state index in [1.54, 1.807) is 45.2 Å². The number of rotatable bonds is 7. The minimum atomic E-state index is -0.821. The zero-order chi connectivity index (χ0) is 23.2. The molecule has 1 spiro atoms. The lowest BCUT2D eigenvalue weighted by atomic mass is 9.71. The monoisotopic (exact) mass is 526 g/mol. The Morgan fingerprint density at radius 3 is 2.66 bits per heavy atom. The maximum Gasteiger partial charge on any atom is 0.310 e. The molecule has 0 aliphatic carbocycles. The highest BCUT2D eigenvalue weighted by Crippen LogP contribution is 2.68. The number of thioether (sulfide) groups is 1. The van der Waals surface area contributed by atoms with Crippen LogP contribution in [0.5, 0.6) is 5.75 Å². The molecule has 10 heteroatoms. The van der Waals surface area contributed by atoms with Crippen molar-refractivity contribution in [1.82, 2.24) is 4.90 Å². The number of hydrogen-bond donors (Lipinski definition) is 2. The fourth-order valence-electron chi connectivity index (χ4n) is 5.32. The van der Waals surface area contributed by atoms with Crippen molar-refractivity contribution in [3.63, 3.8) is 0 Å². The number of nitrogens with one attached hydrogen (secondary N) is 1. The largest absolute Gasteiger partial charge is 0.497 e. The van der Waals surface area contributed by atoms with Gasteiger partial charge in [-0.25, -0.2) is 0 Å². The van der Waals surface area contributed by atoms with Gasteiger partial charge in [-0.15, -0.1) is 11.8 Å². The summed E-state index contributed by atoms with van der Waals surface area (Å²) >= 11 is 5.22. The second-order valence-electron chi connectivity index (χ2n) is 8.41. The van der Waals surface area contributed by atoms with E-state index in [4.69, 9.17) is 9.47 Å². The Bertz CT molecular complexity index is 914. The van der Waals surface area contributed by atoms with E-state index in [0.717, 1.165) is 0 Å². The van der Waals surface area contributed by atoms with Gasteiger partial charge >= 0.3 is 5.97 Å². The lowest BCUT2D eigenvalue weighted by molar-refractivity contribution is -0.154. The number of hydrogen-bond acceptors (Lipinski definition) is 7. The number of amides is 2. The Morgan fingerprint density at radius 2 is 2.06 bits per heavy atom. The number of carbonyl (C=O) groups excluding carboxylic acids is 3. The van der Waals surface area contributed by atoms with Crippen molar-refractivity contribution in [2.75, 3.05) is 25.6 Å². The topological polar surface area (TPSA) is 105 Å². The molecule has 4 rings (SSSR count). The SMILES string of the molecule is CCOC(=O)[C@H]1[C@H]2C(=O)N([C@H](C)CO)C(C(=O)Nc3ccc(OC)cc3)C23CC(Br)[C@@H]1S3. The molecule has 32 heavy (non-hydrogen) atoms. The maximum absolute atomic E-state index is 13.6. The molecule has 3 aliphatic rings. The summed E-state index contributed by atoms with van der Waals surface area (Å²) in [5.74, 6) is -1.62. The minimum Gasteiger partial charge on any atom is -0.497 e. The summed E-state index contributed by atoms with van der Waals surface area (Å²) in [6.45, 7) is 3.40. The fraction of sp³-hybridized carbons (Fsp3) is 0.591. The van der Waals surface area contributed by atoms with Gasteiger partial charge in [0.15, 0.2) is 0 Å². The number of esters is 1. The quantitative estimate of drug-likeness (QED) is 0.413. The molecule has 3 aliphatic heterocycles. The van der Waals surface area contributed by atoms with Crippen LogP contribution in [0.15, 0.2) is 24.3 Å². The van der Waals surface area contributed by atoms with Crippen molar-refractivity contribution < 1.29 is 29.0 Å². The van der Waals surface area contributed by atoms with Gasteiger partial charge in [0.05, 0.1) is 42.9 Å². The zero-order valence-electron chi connectivity index (χ0n) is 18.1. The number of ether oxygens (including phenoxy) is 2. The van der Waals surface area contributed by atoms with Crippen molar-refractivity contribution >= 4 is 51.2 Å². The summed E-state index contributed by atoms with van der Waals surface area (Å²) in [5.41, 5.74) is 0.578. The van der Waals surface area contributed by atoms with Crippen LogP contribution < -0.4 is 10.1 Å². The molecule has 0 aromatic heterocycles. The van der Waals surface area contributed by atoms with Crippen LogP contribution in [0.3, 0.4) is 0 Å². The molecule has 1 aromatic rings. The number of nitrogens with zero attached hydrogens (tertiary/aromatic N) is 1. The third-order valence-corrected chi connectivity index (χ3v) is 9.85. The number of aliphatic hydroxyl groups excluding tert-OH is 1. The molecule has 2 N–H and O–H groups in total. The number of methoxy groups -OCH3 is 1. The summed E-state index contributed by atoms with van der Waals surface area (Å²) in [5, 5.41) is 12.6. The molecule has 1 aromatic carbocycles. The average Bonchev–Trinajstić information content (AvgIpc) is 3.37. The number of alkyl halides is 1. The van der Waals surface area contributed by atoms with Crippen molar-refractivity contribution in [2.24, 2.45) is 11.8 Å². The Morgan fingerprint density at radius 1 is 1.38 bits per heavy atom. The Labute approximate surface area is 199 Å². The van der Waals surface area contributed by atoms with E-state index in [9.17, 15) is 19.5 Å². The molecule has 0 saturated carbocycles. The first-order valence-corrected chi connectivity index (χ1v) is 12.4. The fourth-order valence-corrected chi connectivity index (χ4v) is 8.91. The van der Waals surface area contributed by atoms with Crippen LogP contribution in [-0.4, -0.2) is 75.0 Å². The molecule has 2 bridgehead atoms. The van der Waals surface area contributed by atoms with Gasteiger partial charge < -0.3 is 24.8 Å². The lowest BCUT2D eigenvalue weighted by Crippen LogP contribution is -2.54. The number of benzene rings is 1. The summed E-state index contributed by atoms with van der Waals surface area (Å²) < 4.78 is 9.71. The first-order valence-electron chi connectivity index (χ1n) is 10.7. The highest BCUT2D eigenvalue weighted by Gasteiger charge is 2.76. The normalized spacial score (nSPS) is 33.7. The van der Waals surface area contributed by atoms with E-state index >= 15 is 0 Å². The second kappa shape index (κ2) is 8.87. The Balaban J connectivity index is 1.71. The molecule has 0 radical (unpaired) electrons. The van der Waals surface area contributed by atoms with Crippen LogP contribution in [0.25, 0.3) is 0 Å². The number of fused-ring (bicyclic) bond motifs is 1. The number of anilines is 1. The van der Waals surface area contributed by atoms with Crippen LogP contribution >= 0.6 is 27.7 Å². The van der Waals surface area contributed by atoms with E-state index in [2.05, 4.69) is 21.2 Å². The van der Waals surface area contributed by atoms with E-state index in [1.165, 1.54) is 16.7 Å². The second-order valence-corrected chi connectivity index (χ2v) is 11.1. The number of carbonyl (C=O) groups is 3. The van der Waals surface area contributed by atoms with Crippen molar-refractivity contribution in [3.05, 3.63) is 24.3 Å². The van der Waals surface area contributed by atoms with Crippen LogP contribution in [0, 0.1) is 11.8 Å². The first kappa shape index (κ1) is 23.4. The molecule has 3 heterocycles. The third-order valence-electron chi connectivity index (χ3n) is 6.63. The third kappa shape index (κ3) is 3.51. The summed E-state index contributed by atoms with van der Waals surface area (Å²) in [6, 6.07) is 5.56. The first-order chi connectivity index (χ1) is 15.3. The van der Waals surface area contributed by atoms with Gasteiger partial charge in [-0.3, -0.25) is 14.4 Å². The van der Waals surface area contributed by atoms with Crippen LogP contribution in [0.1, 0.15) is 20.3 Å². The van der Waals surface area contributed by atoms with Crippen molar-refractivity contribution in [1.29, 1.82) is 0 Å². The van der Waals surface area contributed by atoms with Gasteiger partial charge in [0, 0.05) is 15.8 Å². The van der Waals surface area contributed by atoms with E-state index < -0.39 is 34.6 Å². The van der Waals surface area contributed by atoms with E-state index in [1.807, 2.05) is 0 Å². The smallest absolute Gasteiger partial charge is 0.310 e. The standard InChI is InChI=1S/C22H27BrN2O6S/c1-4-31-21(29)15-16-20(28)25(11(2)10-26)18(22(16)9-14(23)17(15)32-22)19(27)24-12-5-7-13(30-3)8-6-12/h5-8,11,14-18,26H,4,9-10H2,1-3H3,(H,24,27)/t11-,14?,15+,16+,17+,18?,22?/m1/s1. The van der Waals surface area contributed by atoms with Crippen molar-refractivity contribution in [3.8, 4) is 5.75 Å². The van der Waals surface area contributed by atoms with Crippen LogP contribution in [0.4, 0.5) is 5.69 Å². The molecule has 7 atom stereocenters. The van der Waals surface area contributed by atoms with Gasteiger partial charge in [0.2, 0.25) is 11.8 Å². The summed E-state index contributed by atoms with van der Waals surface area (Å²) in [7, 11) is 1.57. The van der Waals surface area contributed by atoms with Gasteiger partial charge in [-0.2, -0.15) is 0 Å². The molecule has 2 amide bonds. The van der Waals surface area contributed by atoms with Crippen LogP contribution in [0.2, 0.25) is 0 Å². The van der Waals surface area contributed by atoms with Crippen LogP contribution in [-0.2, 0) is 19.1 Å². The van der Waals surface area contributed by atoms with E-state index in [0.29, 0.717) is 17.9 Å². The highest BCUT2D eigenvalue weighted by molar-refractivity contribution is 9.09. The predicted octanol–water partition coefficient (Wildman–Crippen LogP) is 2.04. The van der Waals surface area contributed by atoms with Crippen molar-refractivity contribution in [2.45, 2.75) is 47.2 Å². The average molecular weight is 527 g/mol. The summed E-state index contributed by atoms with van der Waals surface area (Å²) in [4.78, 5) is 41.6. The Kier molecular flexibility index (Phi) is 6.48. The molecular formula is C22H27BrN2O6S. The number of halogens is 1. The molecule has 8 nitrogen and oxygen atoms in total. The summed E-state index contributed by atoms with van der Waals surface area (Å²) in [6.07, 6.45) is 0.573. The molecule has 174 valence electrons. The Hall–Kier alpha value is -1.78. The minimum absolute atomic E-state index is 0.0216. The van der Waals surface area contributed by atoms with Gasteiger partial charge in [-0.1, -0.05) is 15.9 Å². The lowest BCUT2D eigenvalue weighted by Gasteiger charge is -2.36. The number of likely N-dealkylation sites (tertiary alicyclic amines) is 1. The van der Waals surface area contributed by atoms with E-state index in [-0.39, 0.29) is 35.1 Å². The molecule has 3 fully saturated rings. The zero-order valence-corrected chi connectivity index (χ0v) is 20.5. The van der Waals surface area contributed by atoms with Gasteiger partial charge in [0.1, 0.15) is 11.8 Å². The predicted molar refractivity (Wildman–Crippen MR) is 124 cm³/mol. The van der Waals surface area contributed by atoms with Gasteiger partial charge in [-0.05, 0) is 44.5 Å². The van der Waals surface area contributed by atoms with Gasteiger partial charge in [0.25, 0.3) is 0 Å². The number of aliphatic hydroxyl groups is 1. The molecule has 3 unspecified atom stereocenters.